The number of benzene rings is 2. The smallest absolute Gasteiger partial charge is 0.238 e. The normalized spacial score (nSPS) is 22.1. The van der Waals surface area contributed by atoms with Crippen molar-refractivity contribution in [1.29, 1.82) is 0 Å². The van der Waals surface area contributed by atoms with E-state index in [0.29, 0.717) is 52.8 Å². The van der Waals surface area contributed by atoms with Gasteiger partial charge in [-0.2, -0.15) is 0 Å². The van der Waals surface area contributed by atoms with E-state index in [2.05, 4.69) is 4.99 Å². The second-order valence-corrected chi connectivity index (χ2v) is 9.38. The van der Waals surface area contributed by atoms with Crippen LogP contribution in [-0.4, -0.2) is 48.5 Å². The highest BCUT2D eigenvalue weighted by atomic mass is 35.5. The molecule has 0 spiro atoms. The molecular weight excluding hydrogens is 450 g/mol. The average Bonchev–Trinajstić information content (AvgIpc) is 3.40. The number of nitrogens with zero attached hydrogens (tertiary/aromatic N) is 3. The molecule has 2 aromatic rings. The molecular formula is C23H22ClN3O4S. The molecule has 32 heavy (non-hydrogen) atoms. The zero-order valence-electron chi connectivity index (χ0n) is 17.5. The van der Waals surface area contributed by atoms with Gasteiger partial charge in [0.1, 0.15) is 13.2 Å². The summed E-state index contributed by atoms with van der Waals surface area (Å²) in [7, 11) is 0. The van der Waals surface area contributed by atoms with Gasteiger partial charge in [0.05, 0.1) is 17.6 Å². The van der Waals surface area contributed by atoms with Crippen LogP contribution in [0.3, 0.4) is 0 Å². The third-order valence-electron chi connectivity index (χ3n) is 5.59. The fourth-order valence-corrected chi connectivity index (χ4v) is 5.18. The maximum absolute atomic E-state index is 13.7. The fourth-order valence-electron chi connectivity index (χ4n) is 4.01. The molecule has 0 saturated carbocycles. The molecule has 7 nitrogen and oxygen atoms in total. The van der Waals surface area contributed by atoms with Crippen LogP contribution in [0.2, 0.25) is 5.02 Å². The Morgan fingerprint density at radius 3 is 2.62 bits per heavy atom. The first-order chi connectivity index (χ1) is 15.5. The molecule has 3 aliphatic rings. The summed E-state index contributed by atoms with van der Waals surface area (Å²) >= 11 is 7.60. The molecule has 2 amide bonds. The Hall–Kier alpha value is -2.71. The van der Waals surface area contributed by atoms with Crippen LogP contribution in [0.25, 0.3) is 0 Å². The maximum atomic E-state index is 13.7. The number of carbonyl (C=O) groups excluding carboxylic acids is 2. The van der Waals surface area contributed by atoms with Crippen LogP contribution < -0.4 is 19.3 Å². The van der Waals surface area contributed by atoms with Gasteiger partial charge < -0.3 is 14.4 Å². The van der Waals surface area contributed by atoms with Gasteiger partial charge in [-0.1, -0.05) is 23.4 Å². The number of carbonyl (C=O) groups is 2. The Morgan fingerprint density at radius 2 is 1.91 bits per heavy atom. The Bertz CT molecular complexity index is 1090. The van der Waals surface area contributed by atoms with Crippen LogP contribution in [-0.2, 0) is 9.59 Å². The van der Waals surface area contributed by atoms with E-state index in [-0.39, 0.29) is 24.3 Å². The lowest BCUT2D eigenvalue weighted by atomic mass is 10.1. The SMILES string of the molecule is C[C@@H]1CSC(N(C(=O)[C@@H]2CC(=O)N(c3ccc4c(c3)OCCO4)C2)c2ccc(Cl)cc2)=N1. The Labute approximate surface area is 195 Å². The molecule has 3 aliphatic heterocycles. The number of fused-ring (bicyclic) bond motifs is 1. The van der Waals surface area contributed by atoms with Gasteiger partial charge >= 0.3 is 0 Å². The molecule has 0 radical (unpaired) electrons. The number of rotatable bonds is 3. The van der Waals surface area contributed by atoms with E-state index in [1.165, 1.54) is 0 Å². The molecule has 2 aromatic carbocycles. The molecule has 5 rings (SSSR count). The lowest BCUT2D eigenvalue weighted by Crippen LogP contribution is -2.40. The number of hydrogen-bond donors (Lipinski definition) is 0. The van der Waals surface area contributed by atoms with Crippen molar-refractivity contribution in [3.8, 4) is 11.5 Å². The van der Waals surface area contributed by atoms with Crippen molar-refractivity contribution in [2.45, 2.75) is 19.4 Å². The summed E-state index contributed by atoms with van der Waals surface area (Å²) in [5.41, 5.74) is 1.40. The Kier molecular flexibility index (Phi) is 5.73. The fraction of sp³-hybridized carbons (Fsp3) is 0.348. The molecule has 3 heterocycles. The minimum atomic E-state index is -0.481. The third kappa shape index (κ3) is 4.04. The minimum absolute atomic E-state index is 0.0922. The van der Waals surface area contributed by atoms with E-state index >= 15 is 0 Å². The number of thioether (sulfide) groups is 1. The van der Waals surface area contributed by atoms with E-state index in [9.17, 15) is 9.59 Å². The second kappa shape index (κ2) is 8.67. The number of halogens is 1. The largest absolute Gasteiger partial charge is 0.486 e. The van der Waals surface area contributed by atoms with E-state index < -0.39 is 5.92 Å². The minimum Gasteiger partial charge on any atom is -0.486 e. The molecule has 0 aromatic heterocycles. The molecule has 1 saturated heterocycles. The predicted molar refractivity (Wildman–Crippen MR) is 126 cm³/mol. The summed E-state index contributed by atoms with van der Waals surface area (Å²) in [6.45, 7) is 3.30. The van der Waals surface area contributed by atoms with E-state index in [0.717, 1.165) is 5.75 Å². The summed E-state index contributed by atoms with van der Waals surface area (Å²) in [5.74, 6) is 1.39. The van der Waals surface area contributed by atoms with Gasteiger partial charge in [-0.3, -0.25) is 19.5 Å². The van der Waals surface area contributed by atoms with Crippen LogP contribution >= 0.6 is 23.4 Å². The van der Waals surface area contributed by atoms with Crippen LogP contribution in [0.4, 0.5) is 11.4 Å². The third-order valence-corrected chi connectivity index (χ3v) is 7.04. The first kappa shape index (κ1) is 21.2. The lowest BCUT2D eigenvalue weighted by molar-refractivity contribution is -0.123. The molecule has 1 fully saturated rings. The number of ether oxygens (including phenoxy) is 2. The quantitative estimate of drug-likeness (QED) is 0.677. The van der Waals surface area contributed by atoms with Gasteiger partial charge in [-0.05, 0) is 43.3 Å². The molecule has 9 heteroatoms. The highest BCUT2D eigenvalue weighted by Crippen LogP contribution is 2.37. The first-order valence-corrected chi connectivity index (χ1v) is 11.9. The van der Waals surface area contributed by atoms with E-state index in [1.807, 2.05) is 25.1 Å². The maximum Gasteiger partial charge on any atom is 0.238 e. The summed E-state index contributed by atoms with van der Waals surface area (Å²) in [6.07, 6.45) is 0.144. The van der Waals surface area contributed by atoms with Crippen molar-refractivity contribution in [3.05, 3.63) is 47.5 Å². The molecule has 0 unspecified atom stereocenters. The topological polar surface area (TPSA) is 71.4 Å². The second-order valence-electron chi connectivity index (χ2n) is 7.96. The van der Waals surface area contributed by atoms with Crippen molar-refractivity contribution in [2.75, 3.05) is 35.3 Å². The first-order valence-electron chi connectivity index (χ1n) is 10.5. The van der Waals surface area contributed by atoms with Gasteiger partial charge in [0.15, 0.2) is 16.7 Å². The molecule has 2 atom stereocenters. The summed E-state index contributed by atoms with van der Waals surface area (Å²) < 4.78 is 11.2. The van der Waals surface area contributed by atoms with Crippen LogP contribution in [0.1, 0.15) is 13.3 Å². The molecule has 166 valence electrons. The predicted octanol–water partition coefficient (Wildman–Crippen LogP) is 3.99. The van der Waals surface area contributed by atoms with Gasteiger partial charge in [0, 0.05) is 35.5 Å². The highest BCUT2D eigenvalue weighted by molar-refractivity contribution is 8.14. The Balaban J connectivity index is 1.40. The number of aliphatic imine (C=N–C) groups is 1. The molecule has 0 aliphatic carbocycles. The number of amidine groups is 1. The van der Waals surface area contributed by atoms with Gasteiger partial charge in [-0.15, -0.1) is 0 Å². The van der Waals surface area contributed by atoms with Crippen LogP contribution in [0.5, 0.6) is 11.5 Å². The zero-order valence-corrected chi connectivity index (χ0v) is 19.1. The molecule has 0 N–H and O–H groups in total. The summed E-state index contributed by atoms with van der Waals surface area (Å²) in [6, 6.07) is 12.7. The monoisotopic (exact) mass is 471 g/mol. The van der Waals surface area contributed by atoms with Crippen molar-refractivity contribution in [3.63, 3.8) is 0 Å². The van der Waals surface area contributed by atoms with E-state index in [4.69, 9.17) is 21.1 Å². The van der Waals surface area contributed by atoms with Crippen molar-refractivity contribution in [2.24, 2.45) is 10.9 Å². The summed E-state index contributed by atoms with van der Waals surface area (Å²) in [5, 5.41) is 1.26. The van der Waals surface area contributed by atoms with Crippen molar-refractivity contribution >= 4 is 51.7 Å². The van der Waals surface area contributed by atoms with Crippen molar-refractivity contribution in [1.82, 2.24) is 0 Å². The Morgan fingerprint density at radius 1 is 1.16 bits per heavy atom. The number of anilines is 2. The number of amides is 2. The van der Waals surface area contributed by atoms with Gasteiger partial charge in [0.25, 0.3) is 0 Å². The summed E-state index contributed by atoms with van der Waals surface area (Å²) in [4.78, 5) is 34.4. The van der Waals surface area contributed by atoms with Crippen LogP contribution in [0, 0.1) is 5.92 Å². The molecule has 0 bridgehead atoms. The van der Waals surface area contributed by atoms with E-state index in [1.54, 1.807) is 45.8 Å². The number of hydrogen-bond acceptors (Lipinski definition) is 6. The standard InChI is InChI=1S/C23H22ClN3O4S/c1-14-13-32-23(25-14)27(17-4-2-16(24)3-5-17)22(29)15-10-21(28)26(12-15)18-6-7-19-20(11-18)31-9-8-30-19/h2-7,11,14-15H,8-10,12-13H2,1H3/t14-,15-/m1/s1. The lowest BCUT2D eigenvalue weighted by Gasteiger charge is -2.25. The van der Waals surface area contributed by atoms with Crippen LogP contribution in [0.15, 0.2) is 47.5 Å². The van der Waals surface area contributed by atoms with Gasteiger partial charge in [0.2, 0.25) is 11.8 Å². The van der Waals surface area contributed by atoms with Gasteiger partial charge in [-0.25, -0.2) is 0 Å². The zero-order chi connectivity index (χ0) is 22.2. The van der Waals surface area contributed by atoms with Crippen molar-refractivity contribution < 1.29 is 19.1 Å². The highest BCUT2D eigenvalue weighted by Gasteiger charge is 2.40. The average molecular weight is 472 g/mol.